The minimum atomic E-state index is -2.26. The summed E-state index contributed by atoms with van der Waals surface area (Å²) in [5.74, 6) is 0.465. The molecule has 0 aliphatic carbocycles. The van der Waals surface area contributed by atoms with Gasteiger partial charge >= 0.3 is 0 Å². The summed E-state index contributed by atoms with van der Waals surface area (Å²) in [6, 6.07) is 2.17. The Morgan fingerprint density at radius 2 is 2.18 bits per heavy atom. The molecule has 0 N–H and O–H groups in total. The Bertz CT molecular complexity index is 391. The fraction of sp³-hybridized carbons (Fsp3) is 0.615. The molecule has 2 heterocycles. The molecule has 0 bridgehead atoms. The first-order valence-electron chi connectivity index (χ1n) is 6.04. The van der Waals surface area contributed by atoms with Crippen molar-refractivity contribution in [2.45, 2.75) is 39.2 Å². The Morgan fingerprint density at radius 1 is 1.41 bits per heavy atom. The Kier molecular flexibility index (Phi) is 3.72. The summed E-state index contributed by atoms with van der Waals surface area (Å²) in [6.45, 7) is 5.39. The van der Waals surface area contributed by atoms with Crippen LogP contribution in [-0.2, 0) is 13.0 Å². The number of aromatic nitrogens is 1. The van der Waals surface area contributed by atoms with E-state index in [1.54, 1.807) is 4.90 Å². The Balaban J connectivity index is 2.12. The van der Waals surface area contributed by atoms with E-state index in [1.807, 2.05) is 6.20 Å². The summed E-state index contributed by atoms with van der Waals surface area (Å²) in [5, 5.41) is 0. The molecule has 0 saturated carbocycles. The molecule has 0 aromatic carbocycles. The first kappa shape index (κ1) is 12.4. The van der Waals surface area contributed by atoms with Gasteiger partial charge in [0.2, 0.25) is 0 Å². The Hall–Kier alpha value is -1.03. The van der Waals surface area contributed by atoms with E-state index in [1.165, 1.54) is 11.1 Å². The molecule has 1 aromatic heterocycles. The second-order valence-electron chi connectivity index (χ2n) is 4.91. The van der Waals surface area contributed by atoms with Gasteiger partial charge in [-0.25, -0.2) is 8.78 Å². The molecule has 1 aliphatic heterocycles. The highest BCUT2D eigenvalue weighted by Gasteiger charge is 2.20. The van der Waals surface area contributed by atoms with E-state index in [-0.39, 0.29) is 6.54 Å². The van der Waals surface area contributed by atoms with Gasteiger partial charge in [-0.3, -0.25) is 9.88 Å². The number of nitrogens with zero attached hydrogens (tertiary/aromatic N) is 2. The minimum absolute atomic E-state index is 0.146. The SMILES string of the molecule is CC(C)c1cnc2c(c1)CCN(CC(F)F)C2. The van der Waals surface area contributed by atoms with Crippen LogP contribution in [-0.4, -0.2) is 29.4 Å². The van der Waals surface area contributed by atoms with E-state index in [0.717, 1.165) is 12.1 Å². The van der Waals surface area contributed by atoms with Gasteiger partial charge in [-0.1, -0.05) is 19.9 Å². The number of hydrogen-bond donors (Lipinski definition) is 0. The Labute approximate surface area is 101 Å². The number of fused-ring (bicyclic) bond motifs is 1. The van der Waals surface area contributed by atoms with Crippen LogP contribution in [0.2, 0.25) is 0 Å². The van der Waals surface area contributed by atoms with Crippen LogP contribution < -0.4 is 0 Å². The van der Waals surface area contributed by atoms with E-state index < -0.39 is 6.43 Å². The van der Waals surface area contributed by atoms with E-state index in [4.69, 9.17) is 0 Å². The molecule has 0 amide bonds. The average molecular weight is 240 g/mol. The molecule has 17 heavy (non-hydrogen) atoms. The number of alkyl halides is 2. The minimum Gasteiger partial charge on any atom is -0.292 e. The van der Waals surface area contributed by atoms with Crippen molar-refractivity contribution in [3.05, 3.63) is 29.1 Å². The number of pyridine rings is 1. The Morgan fingerprint density at radius 3 is 2.82 bits per heavy atom. The van der Waals surface area contributed by atoms with Crippen LogP contribution in [0.25, 0.3) is 0 Å². The largest absolute Gasteiger partial charge is 0.292 e. The summed E-state index contributed by atoms with van der Waals surface area (Å²) in [6.07, 6.45) is 0.442. The zero-order valence-electron chi connectivity index (χ0n) is 10.3. The summed E-state index contributed by atoms with van der Waals surface area (Å²) >= 11 is 0. The molecular formula is C13H18F2N2. The molecular weight excluding hydrogens is 222 g/mol. The quantitative estimate of drug-likeness (QED) is 0.807. The maximum absolute atomic E-state index is 12.3. The summed E-state index contributed by atoms with van der Waals surface area (Å²) in [4.78, 5) is 6.18. The molecule has 0 radical (unpaired) electrons. The van der Waals surface area contributed by atoms with Crippen molar-refractivity contribution in [3.63, 3.8) is 0 Å². The van der Waals surface area contributed by atoms with Crippen LogP contribution >= 0.6 is 0 Å². The molecule has 0 saturated heterocycles. The van der Waals surface area contributed by atoms with Gasteiger partial charge in [-0.2, -0.15) is 0 Å². The van der Waals surface area contributed by atoms with Crippen molar-refractivity contribution < 1.29 is 8.78 Å². The number of hydrogen-bond acceptors (Lipinski definition) is 2. The first-order valence-corrected chi connectivity index (χ1v) is 6.04. The highest BCUT2D eigenvalue weighted by Crippen LogP contribution is 2.22. The van der Waals surface area contributed by atoms with Crippen LogP contribution in [0.5, 0.6) is 0 Å². The van der Waals surface area contributed by atoms with Crippen molar-refractivity contribution in [2.24, 2.45) is 0 Å². The highest BCUT2D eigenvalue weighted by molar-refractivity contribution is 5.29. The highest BCUT2D eigenvalue weighted by atomic mass is 19.3. The molecule has 1 aliphatic rings. The lowest BCUT2D eigenvalue weighted by atomic mass is 9.98. The van der Waals surface area contributed by atoms with E-state index >= 15 is 0 Å². The van der Waals surface area contributed by atoms with E-state index in [0.29, 0.717) is 19.0 Å². The number of halogens is 2. The second kappa shape index (κ2) is 5.08. The third-order valence-electron chi connectivity index (χ3n) is 3.21. The summed E-state index contributed by atoms with van der Waals surface area (Å²) < 4.78 is 24.6. The molecule has 4 heteroatoms. The smallest absolute Gasteiger partial charge is 0.251 e. The molecule has 2 rings (SSSR count). The van der Waals surface area contributed by atoms with Crippen LogP contribution in [0.1, 0.15) is 36.6 Å². The van der Waals surface area contributed by atoms with Crippen molar-refractivity contribution in [1.82, 2.24) is 9.88 Å². The standard InChI is InChI=1S/C13H18F2N2/c1-9(2)11-5-10-3-4-17(8-13(14)15)7-12(10)16-6-11/h5-6,9,13H,3-4,7-8H2,1-2H3. The number of rotatable bonds is 3. The molecule has 0 spiro atoms. The third kappa shape index (κ3) is 3.00. The van der Waals surface area contributed by atoms with Crippen molar-refractivity contribution >= 4 is 0 Å². The molecule has 2 nitrogen and oxygen atoms in total. The maximum atomic E-state index is 12.3. The summed E-state index contributed by atoms with van der Waals surface area (Å²) in [7, 11) is 0. The van der Waals surface area contributed by atoms with Gasteiger partial charge in [0.05, 0.1) is 12.2 Å². The van der Waals surface area contributed by atoms with E-state index in [9.17, 15) is 8.78 Å². The maximum Gasteiger partial charge on any atom is 0.251 e. The van der Waals surface area contributed by atoms with Gasteiger partial charge in [0, 0.05) is 19.3 Å². The molecule has 94 valence electrons. The molecule has 0 unspecified atom stereocenters. The molecule has 0 atom stereocenters. The molecule has 0 fully saturated rings. The van der Waals surface area contributed by atoms with Gasteiger partial charge in [-0.15, -0.1) is 0 Å². The first-order chi connectivity index (χ1) is 8.06. The van der Waals surface area contributed by atoms with Gasteiger partial charge in [0.1, 0.15) is 0 Å². The lowest BCUT2D eigenvalue weighted by molar-refractivity contribution is 0.0812. The predicted octanol–water partition coefficient (Wildman–Crippen LogP) is 2.83. The zero-order valence-corrected chi connectivity index (χ0v) is 10.3. The predicted molar refractivity (Wildman–Crippen MR) is 63.3 cm³/mol. The van der Waals surface area contributed by atoms with Crippen molar-refractivity contribution in [2.75, 3.05) is 13.1 Å². The van der Waals surface area contributed by atoms with E-state index in [2.05, 4.69) is 24.9 Å². The topological polar surface area (TPSA) is 16.1 Å². The van der Waals surface area contributed by atoms with Crippen LogP contribution in [0.15, 0.2) is 12.3 Å². The average Bonchev–Trinajstić information content (AvgIpc) is 2.27. The fourth-order valence-electron chi connectivity index (χ4n) is 2.15. The van der Waals surface area contributed by atoms with Gasteiger partial charge in [-0.05, 0) is 23.5 Å². The van der Waals surface area contributed by atoms with Gasteiger partial charge in [0.15, 0.2) is 0 Å². The summed E-state index contributed by atoms with van der Waals surface area (Å²) in [5.41, 5.74) is 3.41. The van der Waals surface area contributed by atoms with Crippen LogP contribution in [0.3, 0.4) is 0 Å². The van der Waals surface area contributed by atoms with Crippen molar-refractivity contribution in [3.8, 4) is 0 Å². The van der Waals surface area contributed by atoms with Gasteiger partial charge < -0.3 is 0 Å². The zero-order chi connectivity index (χ0) is 12.4. The monoisotopic (exact) mass is 240 g/mol. The normalized spacial score (nSPS) is 16.6. The van der Waals surface area contributed by atoms with Gasteiger partial charge in [0.25, 0.3) is 6.43 Å². The lowest BCUT2D eigenvalue weighted by Gasteiger charge is -2.28. The lowest BCUT2D eigenvalue weighted by Crippen LogP contribution is -2.34. The van der Waals surface area contributed by atoms with Crippen molar-refractivity contribution in [1.29, 1.82) is 0 Å². The second-order valence-corrected chi connectivity index (χ2v) is 4.91. The van der Waals surface area contributed by atoms with Crippen LogP contribution in [0, 0.1) is 0 Å². The third-order valence-corrected chi connectivity index (χ3v) is 3.21. The van der Waals surface area contributed by atoms with Crippen LogP contribution in [0.4, 0.5) is 8.78 Å². The fourth-order valence-corrected chi connectivity index (χ4v) is 2.15. The molecule has 1 aromatic rings.